The third-order valence-electron chi connectivity index (χ3n) is 2.04. The van der Waals surface area contributed by atoms with Crippen molar-refractivity contribution in [3.8, 4) is 0 Å². The van der Waals surface area contributed by atoms with Crippen LogP contribution in [0.2, 0.25) is 0 Å². The van der Waals surface area contributed by atoms with E-state index in [9.17, 15) is 14.4 Å². The molecule has 0 aliphatic rings. The first kappa shape index (κ1) is 12.4. The number of nitrogens with one attached hydrogen (secondary N) is 2. The van der Waals surface area contributed by atoms with Gasteiger partial charge in [0.2, 0.25) is 0 Å². The van der Waals surface area contributed by atoms with E-state index in [1.807, 2.05) is 9.97 Å². The Morgan fingerprint density at radius 3 is 2.31 bits per heavy atom. The monoisotopic (exact) mass is 229 g/mol. The Kier molecular flexibility index (Phi) is 4.71. The maximum atomic E-state index is 11.2. The highest BCUT2D eigenvalue weighted by Gasteiger charge is 2.01. The average molecular weight is 229 g/mol. The number of unbranched alkanes of at least 4 members (excludes halogenated alkanes) is 2. The number of hydrogen-bond donors (Lipinski definition) is 2. The summed E-state index contributed by atoms with van der Waals surface area (Å²) in [5.41, 5.74) is -2.33. The number of ether oxygens (including phenoxy) is 1. The van der Waals surface area contributed by atoms with Crippen LogP contribution in [0.5, 0.6) is 0 Å². The van der Waals surface area contributed by atoms with E-state index in [0.29, 0.717) is 6.61 Å². The van der Waals surface area contributed by atoms with Gasteiger partial charge in [-0.2, -0.15) is 0 Å². The molecule has 0 saturated carbocycles. The fraction of sp³-hybridized carbons (Fsp3) is 0.667. The summed E-state index contributed by atoms with van der Waals surface area (Å²) in [5, 5.41) is 0. The third kappa shape index (κ3) is 3.50. The fourth-order valence-electron chi connectivity index (χ4n) is 1.18. The smallest absolute Gasteiger partial charge is 0.335 e. The molecule has 0 unspecified atom stereocenters. The zero-order chi connectivity index (χ0) is 12.0. The molecule has 0 fully saturated rings. The number of hydrogen-bond acceptors (Lipinski definition) is 4. The Morgan fingerprint density at radius 1 is 1.12 bits per heavy atom. The SMILES string of the molecule is CCCCCOCn1c(=O)[nH]c(=O)[nH]c1=O. The van der Waals surface area contributed by atoms with Gasteiger partial charge in [0.15, 0.2) is 0 Å². The van der Waals surface area contributed by atoms with Gasteiger partial charge in [0.25, 0.3) is 0 Å². The molecule has 1 aromatic heterocycles. The molecule has 16 heavy (non-hydrogen) atoms. The van der Waals surface area contributed by atoms with Crippen LogP contribution >= 0.6 is 0 Å². The molecule has 7 heteroatoms. The minimum absolute atomic E-state index is 0.144. The Labute approximate surface area is 91.1 Å². The highest BCUT2D eigenvalue weighted by atomic mass is 16.5. The molecule has 7 nitrogen and oxygen atoms in total. The molecule has 1 rings (SSSR count). The van der Waals surface area contributed by atoms with Crippen molar-refractivity contribution >= 4 is 0 Å². The lowest BCUT2D eigenvalue weighted by Gasteiger charge is -2.04. The molecule has 0 aliphatic heterocycles. The zero-order valence-corrected chi connectivity index (χ0v) is 9.12. The third-order valence-corrected chi connectivity index (χ3v) is 2.04. The number of H-pyrrole nitrogens is 2. The normalized spacial score (nSPS) is 10.6. The van der Waals surface area contributed by atoms with Gasteiger partial charge in [0.1, 0.15) is 6.73 Å². The summed E-state index contributed by atoms with van der Waals surface area (Å²) in [6, 6.07) is 0. The van der Waals surface area contributed by atoms with Crippen LogP contribution in [-0.2, 0) is 11.5 Å². The summed E-state index contributed by atoms with van der Waals surface area (Å²) in [6.45, 7) is 2.41. The summed E-state index contributed by atoms with van der Waals surface area (Å²) in [4.78, 5) is 37.0. The van der Waals surface area contributed by atoms with Crippen LogP contribution in [0.15, 0.2) is 14.4 Å². The minimum Gasteiger partial charge on any atom is -0.360 e. The van der Waals surface area contributed by atoms with Gasteiger partial charge in [-0.05, 0) is 6.42 Å². The minimum atomic E-state index is -0.808. The van der Waals surface area contributed by atoms with Crippen molar-refractivity contribution < 1.29 is 4.74 Å². The van der Waals surface area contributed by atoms with Crippen LogP contribution in [-0.4, -0.2) is 21.1 Å². The molecule has 0 amide bonds. The summed E-state index contributed by atoms with van der Waals surface area (Å²) < 4.78 is 5.94. The molecular weight excluding hydrogens is 214 g/mol. The first-order valence-corrected chi connectivity index (χ1v) is 5.16. The van der Waals surface area contributed by atoms with Gasteiger partial charge in [-0.1, -0.05) is 19.8 Å². The van der Waals surface area contributed by atoms with E-state index >= 15 is 0 Å². The Morgan fingerprint density at radius 2 is 1.75 bits per heavy atom. The lowest BCUT2D eigenvalue weighted by molar-refractivity contribution is 0.0676. The van der Waals surface area contributed by atoms with Gasteiger partial charge in [0.05, 0.1) is 0 Å². The molecule has 0 aromatic carbocycles. The quantitative estimate of drug-likeness (QED) is 0.636. The van der Waals surface area contributed by atoms with Crippen LogP contribution in [0.4, 0.5) is 0 Å². The first-order chi connectivity index (χ1) is 7.65. The van der Waals surface area contributed by atoms with Crippen LogP contribution in [0.1, 0.15) is 26.2 Å². The van der Waals surface area contributed by atoms with E-state index < -0.39 is 17.1 Å². The largest absolute Gasteiger partial charge is 0.360 e. The zero-order valence-electron chi connectivity index (χ0n) is 9.12. The van der Waals surface area contributed by atoms with Gasteiger partial charge in [0, 0.05) is 6.61 Å². The fourth-order valence-corrected chi connectivity index (χ4v) is 1.18. The molecule has 0 spiro atoms. The maximum absolute atomic E-state index is 11.2. The molecule has 0 radical (unpaired) electrons. The molecule has 1 heterocycles. The van der Waals surface area contributed by atoms with Crippen molar-refractivity contribution in [3.63, 3.8) is 0 Å². The predicted molar refractivity (Wildman–Crippen MR) is 57.4 cm³/mol. The van der Waals surface area contributed by atoms with Crippen molar-refractivity contribution in [2.75, 3.05) is 6.61 Å². The van der Waals surface area contributed by atoms with Crippen molar-refractivity contribution in [3.05, 3.63) is 31.5 Å². The Hall–Kier alpha value is -1.63. The molecule has 0 bridgehead atoms. The second-order valence-electron chi connectivity index (χ2n) is 3.36. The van der Waals surface area contributed by atoms with E-state index in [1.54, 1.807) is 0 Å². The van der Waals surface area contributed by atoms with Gasteiger partial charge >= 0.3 is 17.1 Å². The molecule has 90 valence electrons. The van der Waals surface area contributed by atoms with Crippen molar-refractivity contribution in [2.45, 2.75) is 32.9 Å². The van der Waals surface area contributed by atoms with E-state index in [-0.39, 0.29) is 6.73 Å². The Balaban J connectivity index is 2.58. The van der Waals surface area contributed by atoms with Gasteiger partial charge in [-0.25, -0.2) is 19.0 Å². The second-order valence-corrected chi connectivity index (χ2v) is 3.36. The lowest BCUT2D eigenvalue weighted by atomic mass is 10.3. The molecule has 0 saturated heterocycles. The standard InChI is InChI=1S/C9H15N3O4/c1-2-3-4-5-16-6-12-8(14)10-7(13)11-9(12)15/h2-6H2,1H3,(H2,10,11,13,14,15). The van der Waals surface area contributed by atoms with E-state index in [2.05, 4.69) is 6.92 Å². The number of rotatable bonds is 6. The van der Waals surface area contributed by atoms with Gasteiger partial charge in [-0.3, -0.25) is 9.97 Å². The molecule has 1 aromatic rings. The second kappa shape index (κ2) is 6.06. The maximum Gasteiger partial charge on any atom is 0.335 e. The molecule has 0 aliphatic carbocycles. The molecule has 2 N–H and O–H groups in total. The number of aromatic nitrogens is 3. The van der Waals surface area contributed by atoms with Crippen molar-refractivity contribution in [1.29, 1.82) is 0 Å². The van der Waals surface area contributed by atoms with Gasteiger partial charge < -0.3 is 4.74 Å². The van der Waals surface area contributed by atoms with Crippen LogP contribution in [0.25, 0.3) is 0 Å². The van der Waals surface area contributed by atoms with Gasteiger partial charge in [-0.15, -0.1) is 0 Å². The average Bonchev–Trinajstić information content (AvgIpc) is 2.20. The van der Waals surface area contributed by atoms with Crippen LogP contribution < -0.4 is 17.1 Å². The summed E-state index contributed by atoms with van der Waals surface area (Å²) >= 11 is 0. The highest BCUT2D eigenvalue weighted by molar-refractivity contribution is 4.67. The molecule has 0 atom stereocenters. The highest BCUT2D eigenvalue weighted by Crippen LogP contribution is 1.93. The first-order valence-electron chi connectivity index (χ1n) is 5.16. The van der Waals surface area contributed by atoms with E-state index in [0.717, 1.165) is 23.8 Å². The van der Waals surface area contributed by atoms with E-state index in [1.165, 1.54) is 0 Å². The van der Waals surface area contributed by atoms with Crippen LogP contribution in [0, 0.1) is 0 Å². The summed E-state index contributed by atoms with van der Waals surface area (Å²) in [6.07, 6.45) is 2.99. The van der Waals surface area contributed by atoms with Crippen molar-refractivity contribution in [1.82, 2.24) is 14.5 Å². The number of nitrogens with zero attached hydrogens (tertiary/aromatic N) is 1. The van der Waals surface area contributed by atoms with Crippen LogP contribution in [0.3, 0.4) is 0 Å². The van der Waals surface area contributed by atoms with E-state index in [4.69, 9.17) is 4.74 Å². The number of aromatic amines is 2. The van der Waals surface area contributed by atoms with Crippen molar-refractivity contribution in [2.24, 2.45) is 0 Å². The molecular formula is C9H15N3O4. The summed E-state index contributed by atoms with van der Waals surface area (Å²) in [7, 11) is 0. The topological polar surface area (TPSA) is 96.9 Å². The lowest BCUT2D eigenvalue weighted by Crippen LogP contribution is -2.43. The summed E-state index contributed by atoms with van der Waals surface area (Å²) in [5.74, 6) is 0. The Bertz CT molecular complexity index is 450. The predicted octanol–water partition coefficient (Wildman–Crippen LogP) is -0.611.